The molecule has 0 aliphatic carbocycles. The van der Waals surface area contributed by atoms with E-state index in [0.717, 1.165) is 11.3 Å². The predicted molar refractivity (Wildman–Crippen MR) is 42.5 cm³/mol. The van der Waals surface area contributed by atoms with Crippen molar-refractivity contribution in [2.45, 2.75) is 0 Å². The number of anilines is 1. The van der Waals surface area contributed by atoms with Gasteiger partial charge < -0.3 is 5.32 Å². The van der Waals surface area contributed by atoms with Gasteiger partial charge in [-0.2, -0.15) is 5.10 Å². The summed E-state index contributed by atoms with van der Waals surface area (Å²) in [6.07, 6.45) is 5.36. The molecular formula is C7H8N4. The first-order chi connectivity index (χ1) is 5.42. The van der Waals surface area contributed by atoms with Crippen LogP contribution in [0, 0.1) is 0 Å². The van der Waals surface area contributed by atoms with Gasteiger partial charge in [0.2, 0.25) is 0 Å². The predicted octanol–water partition coefficient (Wildman–Crippen LogP) is 0.771. The molecule has 0 fully saturated rings. The molecule has 0 bridgehead atoms. The molecule has 2 aromatic heterocycles. The lowest BCUT2D eigenvalue weighted by Gasteiger charge is -1.93. The number of rotatable bonds is 1. The van der Waals surface area contributed by atoms with Gasteiger partial charge in [0.1, 0.15) is 0 Å². The molecule has 0 saturated heterocycles. The summed E-state index contributed by atoms with van der Waals surface area (Å²) in [7, 11) is 1.85. The van der Waals surface area contributed by atoms with Gasteiger partial charge in [-0.15, -0.1) is 0 Å². The Morgan fingerprint density at radius 1 is 1.55 bits per heavy atom. The highest BCUT2D eigenvalue weighted by atomic mass is 15.3. The van der Waals surface area contributed by atoms with Crippen molar-refractivity contribution in [3.8, 4) is 0 Å². The second-order valence-corrected chi connectivity index (χ2v) is 2.20. The Labute approximate surface area is 63.9 Å². The van der Waals surface area contributed by atoms with E-state index in [2.05, 4.69) is 15.4 Å². The van der Waals surface area contributed by atoms with Gasteiger partial charge in [-0.05, 0) is 6.07 Å². The molecule has 0 spiro atoms. The number of nitrogens with zero attached hydrogens (tertiary/aromatic N) is 3. The average Bonchev–Trinajstić information content (AvgIpc) is 2.47. The first kappa shape index (κ1) is 6.15. The molecule has 11 heavy (non-hydrogen) atoms. The van der Waals surface area contributed by atoms with Crippen LogP contribution in [0.2, 0.25) is 0 Å². The Morgan fingerprint density at radius 3 is 3.27 bits per heavy atom. The van der Waals surface area contributed by atoms with E-state index in [9.17, 15) is 0 Å². The van der Waals surface area contributed by atoms with Crippen molar-refractivity contribution in [1.82, 2.24) is 14.6 Å². The van der Waals surface area contributed by atoms with Gasteiger partial charge >= 0.3 is 0 Å². The van der Waals surface area contributed by atoms with Crippen LogP contribution in [0.3, 0.4) is 0 Å². The lowest BCUT2D eigenvalue weighted by Crippen LogP contribution is -1.90. The second kappa shape index (κ2) is 2.23. The summed E-state index contributed by atoms with van der Waals surface area (Å²) < 4.78 is 1.73. The van der Waals surface area contributed by atoms with Gasteiger partial charge in [0, 0.05) is 19.4 Å². The van der Waals surface area contributed by atoms with Crippen molar-refractivity contribution in [1.29, 1.82) is 0 Å². The monoisotopic (exact) mass is 148 g/mol. The van der Waals surface area contributed by atoms with Crippen LogP contribution in [0.4, 0.5) is 5.69 Å². The average molecular weight is 148 g/mol. The maximum absolute atomic E-state index is 4.15. The maximum atomic E-state index is 4.15. The van der Waals surface area contributed by atoms with Crippen molar-refractivity contribution in [2.75, 3.05) is 12.4 Å². The van der Waals surface area contributed by atoms with Gasteiger partial charge in [0.25, 0.3) is 0 Å². The van der Waals surface area contributed by atoms with Crippen LogP contribution >= 0.6 is 0 Å². The third-order valence-electron chi connectivity index (χ3n) is 1.55. The molecule has 0 aromatic carbocycles. The van der Waals surface area contributed by atoms with Crippen LogP contribution in [0.1, 0.15) is 0 Å². The Balaban J connectivity index is 2.76. The SMILES string of the molecule is CNc1cnn2cccnc12. The van der Waals surface area contributed by atoms with Crippen molar-refractivity contribution >= 4 is 11.3 Å². The normalized spacial score (nSPS) is 10.3. The van der Waals surface area contributed by atoms with Crippen LogP contribution in [0.5, 0.6) is 0 Å². The molecule has 0 aliphatic heterocycles. The lowest BCUT2D eigenvalue weighted by molar-refractivity contribution is 0.939. The molecule has 0 radical (unpaired) electrons. The van der Waals surface area contributed by atoms with E-state index in [0.29, 0.717) is 0 Å². The summed E-state index contributed by atoms with van der Waals surface area (Å²) in [6.45, 7) is 0. The molecule has 4 heteroatoms. The van der Waals surface area contributed by atoms with Gasteiger partial charge in [-0.25, -0.2) is 9.50 Å². The molecular weight excluding hydrogens is 140 g/mol. The minimum Gasteiger partial charge on any atom is -0.384 e. The Bertz CT molecular complexity index is 365. The quantitative estimate of drug-likeness (QED) is 0.649. The summed E-state index contributed by atoms with van der Waals surface area (Å²) in [6, 6.07) is 1.85. The molecule has 0 saturated carbocycles. The van der Waals surface area contributed by atoms with Crippen LogP contribution in [0.15, 0.2) is 24.7 Å². The van der Waals surface area contributed by atoms with Crippen molar-refractivity contribution in [2.24, 2.45) is 0 Å². The number of fused-ring (bicyclic) bond motifs is 1. The molecule has 0 atom stereocenters. The summed E-state index contributed by atoms with van der Waals surface area (Å²) in [5.41, 5.74) is 1.81. The Kier molecular flexibility index (Phi) is 1.25. The number of hydrogen-bond donors (Lipinski definition) is 1. The zero-order chi connectivity index (χ0) is 7.68. The smallest absolute Gasteiger partial charge is 0.178 e. The maximum Gasteiger partial charge on any atom is 0.178 e. The zero-order valence-corrected chi connectivity index (χ0v) is 6.15. The van der Waals surface area contributed by atoms with Gasteiger partial charge in [0.15, 0.2) is 5.65 Å². The summed E-state index contributed by atoms with van der Waals surface area (Å²) in [5, 5.41) is 7.09. The number of hydrogen-bond acceptors (Lipinski definition) is 3. The van der Waals surface area contributed by atoms with E-state index >= 15 is 0 Å². The molecule has 0 aliphatic rings. The van der Waals surface area contributed by atoms with Crippen LogP contribution in [-0.2, 0) is 0 Å². The second-order valence-electron chi connectivity index (χ2n) is 2.20. The molecule has 2 heterocycles. The van der Waals surface area contributed by atoms with E-state index in [1.54, 1.807) is 16.9 Å². The topological polar surface area (TPSA) is 42.2 Å². The molecule has 2 rings (SSSR count). The van der Waals surface area contributed by atoms with Crippen molar-refractivity contribution < 1.29 is 0 Å². The zero-order valence-electron chi connectivity index (χ0n) is 6.15. The number of aromatic nitrogens is 3. The largest absolute Gasteiger partial charge is 0.384 e. The fourth-order valence-corrected chi connectivity index (χ4v) is 1.00. The van der Waals surface area contributed by atoms with Gasteiger partial charge in [-0.1, -0.05) is 0 Å². The summed E-state index contributed by atoms with van der Waals surface area (Å²) in [4.78, 5) is 4.15. The standard InChI is InChI=1S/C7H8N4/c1-8-6-5-10-11-4-2-3-9-7(6)11/h2-5,8H,1H3. The fourth-order valence-electron chi connectivity index (χ4n) is 1.00. The molecule has 1 N–H and O–H groups in total. The highest BCUT2D eigenvalue weighted by molar-refractivity contribution is 5.65. The van der Waals surface area contributed by atoms with E-state index in [1.165, 1.54) is 0 Å². The summed E-state index contributed by atoms with van der Waals surface area (Å²) in [5.74, 6) is 0. The molecule has 0 unspecified atom stereocenters. The highest BCUT2D eigenvalue weighted by Crippen LogP contribution is 2.10. The van der Waals surface area contributed by atoms with Crippen LogP contribution < -0.4 is 5.32 Å². The minimum atomic E-state index is 0.856. The fraction of sp³-hybridized carbons (Fsp3) is 0.143. The van der Waals surface area contributed by atoms with Crippen LogP contribution in [0.25, 0.3) is 5.65 Å². The summed E-state index contributed by atoms with van der Waals surface area (Å²) >= 11 is 0. The third-order valence-corrected chi connectivity index (χ3v) is 1.55. The molecule has 56 valence electrons. The van der Waals surface area contributed by atoms with E-state index in [4.69, 9.17) is 0 Å². The molecule has 2 aromatic rings. The number of nitrogens with one attached hydrogen (secondary N) is 1. The van der Waals surface area contributed by atoms with E-state index in [1.807, 2.05) is 19.3 Å². The van der Waals surface area contributed by atoms with Gasteiger partial charge in [-0.3, -0.25) is 0 Å². The lowest BCUT2D eigenvalue weighted by atomic mass is 10.5. The molecule has 4 nitrogen and oxygen atoms in total. The highest BCUT2D eigenvalue weighted by Gasteiger charge is 1.99. The Hall–Kier alpha value is -1.58. The Morgan fingerprint density at radius 2 is 2.45 bits per heavy atom. The van der Waals surface area contributed by atoms with E-state index < -0.39 is 0 Å². The van der Waals surface area contributed by atoms with E-state index in [-0.39, 0.29) is 0 Å². The first-order valence-corrected chi connectivity index (χ1v) is 3.38. The first-order valence-electron chi connectivity index (χ1n) is 3.38. The molecule has 0 amide bonds. The third kappa shape index (κ3) is 0.832. The van der Waals surface area contributed by atoms with Gasteiger partial charge in [0.05, 0.1) is 11.9 Å². The minimum absolute atomic E-state index is 0.856. The van der Waals surface area contributed by atoms with Crippen molar-refractivity contribution in [3.05, 3.63) is 24.7 Å². The van der Waals surface area contributed by atoms with Crippen molar-refractivity contribution in [3.63, 3.8) is 0 Å². The van der Waals surface area contributed by atoms with Crippen LogP contribution in [-0.4, -0.2) is 21.6 Å².